The number of hydrogen-bond donors (Lipinski definition) is 0. The van der Waals surface area contributed by atoms with Crippen molar-refractivity contribution >= 4 is 56.7 Å². The molecule has 3 saturated heterocycles. The summed E-state index contributed by atoms with van der Waals surface area (Å²) in [6.45, 7) is 16.6. The van der Waals surface area contributed by atoms with Crippen LogP contribution in [0.3, 0.4) is 0 Å². The Kier molecular flexibility index (Phi) is 18.8. The number of carbonyl (C=O) groups is 1. The average Bonchev–Trinajstić information content (AvgIpc) is 4.11. The second-order valence-corrected chi connectivity index (χ2v) is 23.7. The highest BCUT2D eigenvalue weighted by Gasteiger charge is 2.37. The third-order valence-electron chi connectivity index (χ3n) is 14.7. The Morgan fingerprint density at radius 1 is 0.877 bits per heavy atom. The van der Waals surface area contributed by atoms with Gasteiger partial charge in [-0.15, -0.1) is 11.3 Å². The molecule has 0 aliphatic carbocycles. The van der Waals surface area contributed by atoms with Crippen molar-refractivity contribution < 1.29 is 56.2 Å². The van der Waals surface area contributed by atoms with Gasteiger partial charge in [0, 0.05) is 87.3 Å². The van der Waals surface area contributed by atoms with Crippen LogP contribution in [0.15, 0.2) is 61.1 Å². The molecular formula is C59H69Cl2F2N7O10S. The first-order valence-corrected chi connectivity index (χ1v) is 29.0. The number of alkyl halides is 1. The lowest BCUT2D eigenvalue weighted by Crippen LogP contribution is -2.49. The van der Waals surface area contributed by atoms with Gasteiger partial charge < -0.3 is 52.4 Å². The standard InChI is InChI=1S/C59H69Cl2F2N7O10S/c1-36-47-37(2)51(61)52(50(36)60)78-43(29-69-21-19-68(6)20-22-69)33-76-42-11-12-45(77-30-41-13-16-64-57(67-41)70-17-14-59(63,15-18-70)34-74-24-23-72-31-44-32-73-25-26-75-44)39(27-42)28-46(56(71)80-58(3,4)5)79-54-49-48(47)53(81-55(49)66-35-65-54)38-7-9-40(62)10-8-38/h7-13,16,27,35,43-44,46H,14-15,17-26,28-34H2,1-6H3/t43-,44?,46-/m1/s1. The minimum atomic E-state index is -1.50. The zero-order valence-corrected chi connectivity index (χ0v) is 48.9. The smallest absolute Gasteiger partial charge is 0.348 e. The van der Waals surface area contributed by atoms with Crippen LogP contribution >= 0.6 is 34.5 Å². The van der Waals surface area contributed by atoms with Gasteiger partial charge >= 0.3 is 5.97 Å². The normalized spacial score (nSPS) is 20.1. The van der Waals surface area contributed by atoms with E-state index in [1.165, 1.54) is 29.8 Å². The van der Waals surface area contributed by atoms with Crippen LogP contribution in [0, 0.1) is 19.7 Å². The van der Waals surface area contributed by atoms with Crippen LogP contribution in [0.1, 0.15) is 56.0 Å². The highest BCUT2D eigenvalue weighted by Crippen LogP contribution is 2.53. The van der Waals surface area contributed by atoms with E-state index in [1.54, 1.807) is 57.3 Å². The molecule has 22 heteroatoms. The summed E-state index contributed by atoms with van der Waals surface area (Å²) in [6.07, 6.45) is 1.52. The van der Waals surface area contributed by atoms with E-state index in [2.05, 4.69) is 21.8 Å². The Hall–Kier alpha value is -5.55. The van der Waals surface area contributed by atoms with E-state index in [-0.39, 0.29) is 57.7 Å². The van der Waals surface area contributed by atoms with Crippen LogP contribution in [0.25, 0.3) is 31.8 Å². The van der Waals surface area contributed by atoms with E-state index in [0.717, 1.165) is 31.1 Å². The summed E-state index contributed by atoms with van der Waals surface area (Å²) < 4.78 is 86.1. The zero-order chi connectivity index (χ0) is 56.8. The van der Waals surface area contributed by atoms with Crippen LogP contribution in [-0.4, -0.2) is 171 Å². The van der Waals surface area contributed by atoms with Gasteiger partial charge in [0.25, 0.3) is 0 Å². The Balaban J connectivity index is 0.956. The largest absolute Gasteiger partial charge is 0.490 e. The second kappa shape index (κ2) is 25.9. The molecule has 0 saturated carbocycles. The number of thiophene rings is 1. The topological polar surface area (TPSA) is 161 Å². The van der Waals surface area contributed by atoms with Crippen LogP contribution < -0.4 is 23.8 Å². The Morgan fingerprint density at radius 2 is 1.63 bits per heavy atom. The molecule has 1 unspecified atom stereocenters. The molecule has 5 aliphatic heterocycles. The first-order chi connectivity index (χ1) is 39.0. The molecule has 5 aliphatic rings. The number of aromatic nitrogens is 4. The van der Waals surface area contributed by atoms with Crippen molar-refractivity contribution in [3.63, 3.8) is 0 Å². The number of piperidine rings is 1. The number of anilines is 1. The maximum absolute atomic E-state index is 16.0. The number of piperazine rings is 1. The summed E-state index contributed by atoms with van der Waals surface area (Å²) in [5.74, 6) is 0.720. The van der Waals surface area contributed by atoms with Crippen molar-refractivity contribution in [2.75, 3.05) is 111 Å². The van der Waals surface area contributed by atoms with E-state index in [1.807, 2.05) is 24.8 Å². The minimum Gasteiger partial charge on any atom is -0.490 e. The third-order valence-corrected chi connectivity index (χ3v) is 16.8. The molecule has 0 amide bonds. The number of carbonyl (C=O) groups excluding carboxylic acids is 1. The average molecular weight is 1180 g/mol. The fraction of sp³-hybridized carbons (Fsp3) is 0.508. The quantitative estimate of drug-likeness (QED) is 0.0705. The lowest BCUT2D eigenvalue weighted by atomic mass is 9.92. The zero-order valence-electron chi connectivity index (χ0n) is 46.6. The molecule has 3 fully saturated rings. The van der Waals surface area contributed by atoms with Crippen molar-refractivity contribution in [2.24, 2.45) is 0 Å². The van der Waals surface area contributed by atoms with E-state index in [4.69, 9.17) is 80.8 Å². The fourth-order valence-corrected chi connectivity index (χ4v) is 12.0. The number of benzene rings is 3. The molecule has 0 radical (unpaired) electrons. The molecule has 6 aromatic rings. The first kappa shape index (κ1) is 58.6. The maximum Gasteiger partial charge on any atom is 0.348 e. The Labute approximate surface area is 485 Å². The van der Waals surface area contributed by atoms with Crippen molar-refractivity contribution in [1.29, 1.82) is 0 Å². The molecule has 3 atom stereocenters. The third kappa shape index (κ3) is 14.5. The van der Waals surface area contributed by atoms with E-state index >= 15 is 4.39 Å². The van der Waals surface area contributed by atoms with Gasteiger partial charge in [-0.3, -0.25) is 4.90 Å². The van der Waals surface area contributed by atoms with Gasteiger partial charge in [0.2, 0.25) is 17.9 Å². The second-order valence-electron chi connectivity index (χ2n) is 22.0. The molecular weight excluding hydrogens is 1110 g/mol. The Bertz CT molecular complexity index is 3120. The Morgan fingerprint density at radius 3 is 2.36 bits per heavy atom. The number of rotatable bonds is 15. The van der Waals surface area contributed by atoms with Crippen LogP contribution in [0.2, 0.25) is 10.0 Å². The number of esters is 1. The monoisotopic (exact) mass is 1180 g/mol. The van der Waals surface area contributed by atoms with Crippen molar-refractivity contribution in [3.05, 3.63) is 99.3 Å². The summed E-state index contributed by atoms with van der Waals surface area (Å²) >= 11 is 16.2. The highest BCUT2D eigenvalue weighted by molar-refractivity contribution is 7.22. The molecule has 8 heterocycles. The van der Waals surface area contributed by atoms with E-state index < -0.39 is 35.3 Å². The summed E-state index contributed by atoms with van der Waals surface area (Å²) in [5, 5.41) is 1.10. The number of likely N-dealkylation sites (N-methyl/N-ethyl adjacent to an activating group) is 1. The summed E-state index contributed by atoms with van der Waals surface area (Å²) in [6, 6.07) is 13.4. The summed E-state index contributed by atoms with van der Waals surface area (Å²) in [5.41, 5.74) is 2.08. The lowest BCUT2D eigenvalue weighted by Gasteiger charge is -2.36. The molecule has 11 rings (SSSR count). The SMILES string of the molecule is Cc1c(Cl)c2c(Cl)c(C)c1-c1c(-c3ccc(F)cc3)sc3ncnc(c13)O[C@@H](C(=O)OC(C)(C)C)Cc1cc(ccc1OCc1ccnc(N3CCC(F)(COCCOCC4COCCO4)CC3)n1)OC[C@@H](CN1CCN(C)CC1)O2. The minimum absolute atomic E-state index is 0.0206. The molecule has 4 bridgehead atoms. The van der Waals surface area contributed by atoms with Gasteiger partial charge in [0.1, 0.15) is 65.2 Å². The molecule has 3 aromatic carbocycles. The molecule has 3 aromatic heterocycles. The first-order valence-electron chi connectivity index (χ1n) is 27.5. The molecule has 17 nitrogen and oxygen atoms in total. The maximum atomic E-state index is 16.0. The molecule has 0 N–H and O–H groups in total. The lowest BCUT2D eigenvalue weighted by molar-refractivity contribution is -0.163. The van der Waals surface area contributed by atoms with E-state index in [0.29, 0.717) is 135 Å². The van der Waals surface area contributed by atoms with Crippen LogP contribution in [-0.2, 0) is 41.5 Å². The predicted octanol–water partition coefficient (Wildman–Crippen LogP) is 9.93. The van der Waals surface area contributed by atoms with Gasteiger partial charge in [0.15, 0.2) is 5.75 Å². The molecule has 434 valence electrons. The van der Waals surface area contributed by atoms with Crippen molar-refractivity contribution in [1.82, 2.24) is 29.7 Å². The van der Waals surface area contributed by atoms with Gasteiger partial charge in [-0.25, -0.2) is 33.5 Å². The molecule has 0 spiro atoms. The van der Waals surface area contributed by atoms with Crippen LogP contribution in [0.5, 0.6) is 23.1 Å². The van der Waals surface area contributed by atoms with Crippen LogP contribution in [0.4, 0.5) is 14.7 Å². The molecule has 81 heavy (non-hydrogen) atoms. The predicted molar refractivity (Wildman–Crippen MR) is 306 cm³/mol. The number of hydrogen-bond acceptors (Lipinski definition) is 18. The number of fused-ring (bicyclic) bond motifs is 7. The van der Waals surface area contributed by atoms with Gasteiger partial charge in [-0.2, -0.15) is 0 Å². The van der Waals surface area contributed by atoms with Crippen molar-refractivity contribution in [2.45, 2.75) is 90.1 Å². The number of halogens is 4. The van der Waals surface area contributed by atoms with Gasteiger partial charge in [-0.1, -0.05) is 35.3 Å². The number of nitrogens with zero attached hydrogens (tertiary/aromatic N) is 7. The van der Waals surface area contributed by atoms with E-state index in [9.17, 15) is 9.18 Å². The summed E-state index contributed by atoms with van der Waals surface area (Å²) in [7, 11) is 2.11. The highest BCUT2D eigenvalue weighted by atomic mass is 35.5. The van der Waals surface area contributed by atoms with Gasteiger partial charge in [-0.05, 0) is 100 Å². The number of ether oxygens (including phenoxy) is 9. The fourth-order valence-electron chi connectivity index (χ4n) is 10.3. The summed E-state index contributed by atoms with van der Waals surface area (Å²) in [4.78, 5) is 41.4. The van der Waals surface area contributed by atoms with Gasteiger partial charge in [0.05, 0.1) is 67.4 Å². The van der Waals surface area contributed by atoms with Crippen molar-refractivity contribution in [3.8, 4) is 44.7 Å².